The Morgan fingerprint density at radius 2 is 1.85 bits per heavy atom. The van der Waals surface area contributed by atoms with E-state index < -0.39 is 16.0 Å². The van der Waals surface area contributed by atoms with E-state index in [2.05, 4.69) is 9.71 Å². The molecule has 1 heterocycles. The lowest BCUT2D eigenvalue weighted by molar-refractivity contribution is 0.0472. The van der Waals surface area contributed by atoms with E-state index in [1.165, 1.54) is 35.6 Å². The van der Waals surface area contributed by atoms with Gasteiger partial charge in [-0.2, -0.15) is 0 Å². The van der Waals surface area contributed by atoms with E-state index in [0.29, 0.717) is 5.01 Å². The summed E-state index contributed by atoms with van der Waals surface area (Å²) in [5.74, 6) is -0.523. The van der Waals surface area contributed by atoms with Crippen molar-refractivity contribution >= 4 is 37.5 Å². The van der Waals surface area contributed by atoms with E-state index in [4.69, 9.17) is 4.74 Å². The highest BCUT2D eigenvalue weighted by Gasteiger charge is 2.16. The molecule has 0 fully saturated rings. The van der Waals surface area contributed by atoms with E-state index in [-0.39, 0.29) is 23.1 Å². The van der Waals surface area contributed by atoms with E-state index in [1.807, 2.05) is 24.3 Å². The minimum atomic E-state index is -3.58. The SMILES string of the molecule is CC(C)NS(=O)(=O)c1ccc(C(=O)OCc2nc3ccccc3s2)cc1. The van der Waals surface area contributed by atoms with Crippen LogP contribution in [0.3, 0.4) is 0 Å². The number of para-hydroxylation sites is 1. The third-order valence-corrected chi connectivity index (χ3v) is 6.14. The number of fused-ring (bicyclic) bond motifs is 1. The first-order chi connectivity index (χ1) is 12.3. The molecule has 136 valence electrons. The Morgan fingerprint density at radius 3 is 2.50 bits per heavy atom. The number of carbonyl (C=O) groups excluding carboxylic acids is 1. The number of carbonyl (C=O) groups is 1. The maximum absolute atomic E-state index is 12.2. The minimum absolute atomic E-state index is 0.0765. The predicted molar refractivity (Wildman–Crippen MR) is 101 cm³/mol. The number of aromatic nitrogens is 1. The van der Waals surface area contributed by atoms with Crippen molar-refractivity contribution in [3.8, 4) is 0 Å². The maximum atomic E-state index is 12.2. The van der Waals surface area contributed by atoms with Crippen LogP contribution < -0.4 is 4.72 Å². The summed E-state index contributed by atoms with van der Waals surface area (Å²) in [5.41, 5.74) is 1.16. The van der Waals surface area contributed by atoms with Gasteiger partial charge in [0, 0.05) is 6.04 Å². The van der Waals surface area contributed by atoms with Crippen LogP contribution in [0.2, 0.25) is 0 Å². The molecule has 1 N–H and O–H groups in total. The first-order valence-corrected chi connectivity index (χ1v) is 10.3. The predicted octanol–water partition coefficient (Wildman–Crippen LogP) is 3.34. The number of nitrogens with one attached hydrogen (secondary N) is 1. The summed E-state index contributed by atoms with van der Waals surface area (Å²) in [6.45, 7) is 3.56. The third kappa shape index (κ3) is 4.27. The average Bonchev–Trinajstić information content (AvgIpc) is 3.01. The second-order valence-electron chi connectivity index (χ2n) is 5.95. The molecule has 2 aromatic carbocycles. The van der Waals surface area contributed by atoms with E-state index >= 15 is 0 Å². The lowest BCUT2D eigenvalue weighted by Gasteiger charge is -2.10. The number of rotatable bonds is 6. The molecule has 0 saturated carbocycles. The van der Waals surface area contributed by atoms with Gasteiger partial charge in [0.05, 0.1) is 20.7 Å². The zero-order chi connectivity index (χ0) is 18.7. The zero-order valence-corrected chi connectivity index (χ0v) is 15.9. The Bertz CT molecular complexity index is 992. The molecule has 0 radical (unpaired) electrons. The van der Waals surface area contributed by atoms with E-state index in [9.17, 15) is 13.2 Å². The van der Waals surface area contributed by atoms with Crippen LogP contribution in [0.25, 0.3) is 10.2 Å². The number of nitrogens with zero attached hydrogens (tertiary/aromatic N) is 1. The third-order valence-electron chi connectivity index (χ3n) is 3.46. The van der Waals surface area contributed by atoms with Crippen LogP contribution in [0.5, 0.6) is 0 Å². The number of benzene rings is 2. The molecule has 0 saturated heterocycles. The Hall–Kier alpha value is -2.29. The Kier molecular flexibility index (Phi) is 5.36. The molecule has 0 aliphatic heterocycles. The second-order valence-corrected chi connectivity index (χ2v) is 8.78. The largest absolute Gasteiger partial charge is 0.455 e. The van der Waals surface area contributed by atoms with Crippen molar-refractivity contribution in [3.63, 3.8) is 0 Å². The molecule has 6 nitrogen and oxygen atoms in total. The molecule has 3 rings (SSSR count). The molecule has 3 aromatic rings. The molecule has 0 atom stereocenters. The van der Waals surface area contributed by atoms with Gasteiger partial charge in [-0.15, -0.1) is 11.3 Å². The van der Waals surface area contributed by atoms with Gasteiger partial charge in [-0.25, -0.2) is 22.9 Å². The second kappa shape index (κ2) is 7.53. The van der Waals surface area contributed by atoms with Gasteiger partial charge in [0.25, 0.3) is 0 Å². The molecule has 1 aromatic heterocycles. The highest BCUT2D eigenvalue weighted by atomic mass is 32.2. The maximum Gasteiger partial charge on any atom is 0.338 e. The van der Waals surface area contributed by atoms with Crippen LogP contribution in [0.15, 0.2) is 53.4 Å². The van der Waals surface area contributed by atoms with Crippen molar-refractivity contribution in [1.82, 2.24) is 9.71 Å². The molecule has 0 aliphatic rings. The lowest BCUT2D eigenvalue weighted by Crippen LogP contribution is -2.30. The standard InChI is InChI=1S/C18H18N2O4S2/c1-12(2)20-26(22,23)14-9-7-13(8-10-14)18(21)24-11-17-19-15-5-3-4-6-16(15)25-17/h3-10,12,20H,11H2,1-2H3. The van der Waals surface area contributed by atoms with Crippen LogP contribution in [0, 0.1) is 0 Å². The van der Waals surface area contributed by atoms with E-state index in [0.717, 1.165) is 10.2 Å². The van der Waals surface area contributed by atoms with Crippen molar-refractivity contribution in [2.75, 3.05) is 0 Å². The molecule has 0 bridgehead atoms. The van der Waals surface area contributed by atoms with Gasteiger partial charge in [-0.3, -0.25) is 0 Å². The fourth-order valence-electron chi connectivity index (χ4n) is 2.34. The van der Waals surface area contributed by atoms with Crippen molar-refractivity contribution < 1.29 is 17.9 Å². The number of hydrogen-bond acceptors (Lipinski definition) is 6. The first-order valence-electron chi connectivity index (χ1n) is 7.99. The molecule has 8 heteroatoms. The highest BCUT2D eigenvalue weighted by Crippen LogP contribution is 2.22. The first kappa shape index (κ1) is 18.5. The zero-order valence-electron chi connectivity index (χ0n) is 14.3. The average molecular weight is 390 g/mol. The van der Waals surface area contributed by atoms with Crippen LogP contribution in [0.4, 0.5) is 0 Å². The smallest absolute Gasteiger partial charge is 0.338 e. The Balaban J connectivity index is 1.66. The molecule has 0 amide bonds. The Labute approximate surface area is 155 Å². The van der Waals surface area contributed by atoms with Crippen molar-refractivity contribution in [1.29, 1.82) is 0 Å². The van der Waals surface area contributed by atoms with Crippen LogP contribution in [-0.2, 0) is 21.4 Å². The summed E-state index contributed by atoms with van der Waals surface area (Å²) in [6, 6.07) is 13.1. The van der Waals surface area contributed by atoms with Crippen LogP contribution >= 0.6 is 11.3 Å². The normalized spacial score (nSPS) is 11.8. The number of sulfonamides is 1. The Morgan fingerprint density at radius 1 is 1.15 bits per heavy atom. The number of ether oxygens (including phenoxy) is 1. The van der Waals surface area contributed by atoms with Crippen molar-refractivity contribution in [2.24, 2.45) is 0 Å². The van der Waals surface area contributed by atoms with Gasteiger partial charge in [-0.1, -0.05) is 12.1 Å². The van der Waals surface area contributed by atoms with Gasteiger partial charge >= 0.3 is 5.97 Å². The molecule has 0 aliphatic carbocycles. The molecule has 0 unspecified atom stereocenters. The van der Waals surface area contributed by atoms with Crippen LogP contribution in [-0.4, -0.2) is 25.4 Å². The van der Waals surface area contributed by atoms with Gasteiger partial charge in [0.2, 0.25) is 10.0 Å². The quantitative estimate of drug-likeness (QED) is 0.653. The van der Waals surface area contributed by atoms with E-state index in [1.54, 1.807) is 13.8 Å². The summed E-state index contributed by atoms with van der Waals surface area (Å²) in [7, 11) is -3.58. The lowest BCUT2D eigenvalue weighted by atomic mass is 10.2. The summed E-state index contributed by atoms with van der Waals surface area (Å²) >= 11 is 1.47. The summed E-state index contributed by atoms with van der Waals surface area (Å²) < 4.78 is 33.0. The van der Waals surface area contributed by atoms with Gasteiger partial charge in [-0.05, 0) is 50.2 Å². The highest BCUT2D eigenvalue weighted by molar-refractivity contribution is 7.89. The number of thiazole rings is 1. The number of hydrogen-bond donors (Lipinski definition) is 1. The fraction of sp³-hybridized carbons (Fsp3) is 0.222. The summed E-state index contributed by atoms with van der Waals surface area (Å²) in [4.78, 5) is 16.7. The summed E-state index contributed by atoms with van der Waals surface area (Å²) in [5, 5.41) is 0.708. The number of esters is 1. The van der Waals surface area contributed by atoms with Gasteiger partial charge in [0.15, 0.2) is 0 Å². The van der Waals surface area contributed by atoms with Crippen molar-refractivity contribution in [3.05, 3.63) is 59.1 Å². The molecule has 0 spiro atoms. The fourth-order valence-corrected chi connectivity index (χ4v) is 4.47. The minimum Gasteiger partial charge on any atom is -0.455 e. The van der Waals surface area contributed by atoms with Crippen LogP contribution in [0.1, 0.15) is 29.2 Å². The van der Waals surface area contributed by atoms with Gasteiger partial charge < -0.3 is 4.74 Å². The van der Waals surface area contributed by atoms with Crippen molar-refractivity contribution in [2.45, 2.75) is 31.4 Å². The molecule has 26 heavy (non-hydrogen) atoms. The molecular formula is C18H18N2O4S2. The molecular weight excluding hydrogens is 372 g/mol. The monoisotopic (exact) mass is 390 g/mol. The van der Waals surface area contributed by atoms with Gasteiger partial charge in [0.1, 0.15) is 11.6 Å². The topological polar surface area (TPSA) is 85.4 Å². The summed E-state index contributed by atoms with van der Waals surface area (Å²) in [6.07, 6.45) is 0.